The molecule has 1 aliphatic heterocycles. The zero-order valence-corrected chi connectivity index (χ0v) is 11.7. The third-order valence-corrected chi connectivity index (χ3v) is 2.98. The quantitative estimate of drug-likeness (QED) is 0.508. The van der Waals surface area contributed by atoms with Gasteiger partial charge < -0.3 is 16.1 Å². The molecule has 1 aromatic rings. The molecule has 1 aliphatic rings. The van der Waals surface area contributed by atoms with Gasteiger partial charge in [0.25, 0.3) is 0 Å². The molecule has 0 amide bonds. The number of hydrazine groups is 1. The Bertz CT molecular complexity index is 443. The summed E-state index contributed by atoms with van der Waals surface area (Å²) in [6, 6.07) is 7.91. The van der Waals surface area contributed by atoms with E-state index in [0.29, 0.717) is 5.11 Å². The molecule has 90 valence electrons. The number of benzene rings is 1. The molecule has 1 heterocycles. The first-order valence-corrected chi connectivity index (χ1v) is 6.37. The van der Waals surface area contributed by atoms with Crippen molar-refractivity contribution in [2.45, 2.75) is 13.1 Å². The van der Waals surface area contributed by atoms with Crippen LogP contribution in [0.25, 0.3) is 0 Å². The van der Waals surface area contributed by atoms with Gasteiger partial charge in [-0.1, -0.05) is 15.9 Å². The van der Waals surface area contributed by atoms with E-state index in [1.807, 2.05) is 37.3 Å². The maximum atomic E-state index is 5.07. The van der Waals surface area contributed by atoms with E-state index in [0.717, 1.165) is 15.9 Å². The van der Waals surface area contributed by atoms with Gasteiger partial charge in [-0.15, -0.1) is 0 Å². The van der Waals surface area contributed by atoms with Crippen molar-refractivity contribution in [3.63, 3.8) is 0 Å². The predicted octanol–water partition coefficient (Wildman–Crippen LogP) is 2.07. The van der Waals surface area contributed by atoms with Crippen LogP contribution in [0.1, 0.15) is 6.92 Å². The molecule has 6 heteroatoms. The number of thiocarbonyl (C=S) groups is 1. The molecule has 4 N–H and O–H groups in total. The van der Waals surface area contributed by atoms with E-state index in [9.17, 15) is 0 Å². The number of rotatable bonds is 3. The van der Waals surface area contributed by atoms with Crippen LogP contribution in [0.5, 0.6) is 0 Å². The fourth-order valence-electron chi connectivity index (χ4n) is 1.46. The van der Waals surface area contributed by atoms with E-state index >= 15 is 0 Å². The topological polar surface area (TPSA) is 48.1 Å². The fraction of sp³-hybridized carbons (Fsp3) is 0.182. The van der Waals surface area contributed by atoms with Crippen LogP contribution in [0.4, 0.5) is 5.69 Å². The largest absolute Gasteiger partial charge is 0.342 e. The zero-order valence-electron chi connectivity index (χ0n) is 9.25. The summed E-state index contributed by atoms with van der Waals surface area (Å²) in [5.74, 6) is 0. The lowest BCUT2D eigenvalue weighted by molar-refractivity contribution is 0.602. The van der Waals surface area contributed by atoms with Crippen LogP contribution in [-0.4, -0.2) is 11.3 Å². The molecule has 2 rings (SSSR count). The second kappa shape index (κ2) is 5.48. The molecule has 17 heavy (non-hydrogen) atoms. The molecule has 0 bridgehead atoms. The van der Waals surface area contributed by atoms with Gasteiger partial charge in [-0.3, -0.25) is 0 Å². The molecule has 0 spiro atoms. The minimum absolute atomic E-state index is 0.0209. The van der Waals surface area contributed by atoms with Gasteiger partial charge in [0, 0.05) is 15.9 Å². The average molecular weight is 313 g/mol. The number of nitrogens with one attached hydrogen (secondary N) is 4. The van der Waals surface area contributed by atoms with Crippen molar-refractivity contribution in [3.8, 4) is 0 Å². The van der Waals surface area contributed by atoms with Gasteiger partial charge in [-0.05, 0) is 49.5 Å². The van der Waals surface area contributed by atoms with Crippen molar-refractivity contribution < 1.29 is 0 Å². The van der Waals surface area contributed by atoms with Crippen LogP contribution in [-0.2, 0) is 0 Å². The van der Waals surface area contributed by atoms with Crippen LogP contribution in [0.3, 0.4) is 0 Å². The lowest BCUT2D eigenvalue weighted by Gasteiger charge is -2.25. The zero-order chi connectivity index (χ0) is 12.3. The van der Waals surface area contributed by atoms with E-state index in [1.54, 1.807) is 0 Å². The summed E-state index contributed by atoms with van der Waals surface area (Å²) < 4.78 is 1.06. The molecule has 1 atom stereocenters. The average Bonchev–Trinajstić information content (AvgIpc) is 2.27. The first-order chi connectivity index (χ1) is 8.13. The normalized spacial score (nSPS) is 19.1. The van der Waals surface area contributed by atoms with E-state index < -0.39 is 0 Å². The Kier molecular flexibility index (Phi) is 3.98. The van der Waals surface area contributed by atoms with Gasteiger partial charge in [-0.25, -0.2) is 5.43 Å². The highest BCUT2D eigenvalue weighted by molar-refractivity contribution is 9.10. The number of hydrogen-bond acceptors (Lipinski definition) is 3. The number of hydrogen-bond donors (Lipinski definition) is 4. The molecular formula is C11H13BrN4S. The molecule has 0 saturated heterocycles. The highest BCUT2D eigenvalue weighted by atomic mass is 79.9. The number of halogens is 1. The van der Waals surface area contributed by atoms with Gasteiger partial charge in [0.15, 0.2) is 5.11 Å². The standard InChI is InChI=1S/C11H13BrN4S/c1-7-6-10(14-11(17)13-7)16-15-9-4-2-8(12)3-5-9/h2-6,10,15-16H,1H3,(H2,13,14,17). The van der Waals surface area contributed by atoms with E-state index in [-0.39, 0.29) is 6.17 Å². The van der Waals surface area contributed by atoms with Crippen LogP contribution < -0.4 is 21.5 Å². The summed E-state index contributed by atoms with van der Waals surface area (Å²) in [4.78, 5) is 0. The summed E-state index contributed by atoms with van der Waals surface area (Å²) in [5.41, 5.74) is 8.28. The van der Waals surface area contributed by atoms with Crippen molar-refractivity contribution >= 4 is 38.9 Å². The number of allylic oxidation sites excluding steroid dienone is 1. The maximum absolute atomic E-state index is 5.07. The third kappa shape index (κ3) is 3.69. The molecule has 0 radical (unpaired) electrons. The first-order valence-electron chi connectivity index (χ1n) is 5.16. The smallest absolute Gasteiger partial charge is 0.172 e. The lowest BCUT2D eigenvalue weighted by Crippen LogP contribution is -2.53. The Morgan fingerprint density at radius 1 is 1.29 bits per heavy atom. The molecular weight excluding hydrogens is 300 g/mol. The minimum Gasteiger partial charge on any atom is -0.342 e. The lowest BCUT2D eigenvalue weighted by atomic mass is 10.3. The first kappa shape index (κ1) is 12.3. The van der Waals surface area contributed by atoms with Gasteiger partial charge in [0.2, 0.25) is 0 Å². The second-order valence-electron chi connectivity index (χ2n) is 3.70. The van der Waals surface area contributed by atoms with Gasteiger partial charge in [-0.2, -0.15) is 0 Å². The molecule has 1 unspecified atom stereocenters. The van der Waals surface area contributed by atoms with E-state index in [1.165, 1.54) is 0 Å². The maximum Gasteiger partial charge on any atom is 0.172 e. The Hall–Kier alpha value is -1.11. The van der Waals surface area contributed by atoms with Crippen LogP contribution in [0, 0.1) is 0 Å². The molecule has 0 saturated carbocycles. The Labute approximate surface area is 114 Å². The van der Waals surface area contributed by atoms with Crippen molar-refractivity contribution in [3.05, 3.63) is 40.5 Å². The molecule has 0 aromatic heterocycles. The molecule has 0 aliphatic carbocycles. The van der Waals surface area contributed by atoms with Gasteiger partial charge >= 0.3 is 0 Å². The van der Waals surface area contributed by atoms with Gasteiger partial charge in [0.05, 0.1) is 0 Å². The Balaban J connectivity index is 1.92. The summed E-state index contributed by atoms with van der Waals surface area (Å²) in [5, 5.41) is 6.74. The van der Waals surface area contributed by atoms with Crippen molar-refractivity contribution in [2.75, 3.05) is 5.43 Å². The molecule has 4 nitrogen and oxygen atoms in total. The van der Waals surface area contributed by atoms with Crippen molar-refractivity contribution in [1.29, 1.82) is 0 Å². The predicted molar refractivity (Wildman–Crippen MR) is 77.3 cm³/mol. The highest BCUT2D eigenvalue weighted by Crippen LogP contribution is 2.13. The Morgan fingerprint density at radius 3 is 2.65 bits per heavy atom. The number of anilines is 1. The minimum atomic E-state index is -0.0209. The Morgan fingerprint density at radius 2 is 2.00 bits per heavy atom. The van der Waals surface area contributed by atoms with Crippen LogP contribution in [0.2, 0.25) is 0 Å². The van der Waals surface area contributed by atoms with E-state index in [2.05, 4.69) is 37.4 Å². The third-order valence-electron chi connectivity index (χ3n) is 2.23. The van der Waals surface area contributed by atoms with Gasteiger partial charge in [0.1, 0.15) is 6.17 Å². The van der Waals surface area contributed by atoms with E-state index in [4.69, 9.17) is 12.2 Å². The molecule has 0 fully saturated rings. The fourth-order valence-corrected chi connectivity index (χ4v) is 2.01. The van der Waals surface area contributed by atoms with Crippen LogP contribution in [0.15, 0.2) is 40.5 Å². The summed E-state index contributed by atoms with van der Waals surface area (Å²) in [7, 11) is 0. The van der Waals surface area contributed by atoms with Crippen molar-refractivity contribution in [1.82, 2.24) is 16.1 Å². The summed E-state index contributed by atoms with van der Waals surface area (Å²) >= 11 is 8.46. The highest BCUT2D eigenvalue weighted by Gasteiger charge is 2.12. The SMILES string of the molecule is CC1=CC(NNc2ccc(Br)cc2)NC(=S)N1. The van der Waals surface area contributed by atoms with Crippen LogP contribution >= 0.6 is 28.1 Å². The van der Waals surface area contributed by atoms with Crippen molar-refractivity contribution in [2.24, 2.45) is 0 Å². The monoisotopic (exact) mass is 312 g/mol. The second-order valence-corrected chi connectivity index (χ2v) is 5.03. The molecule has 1 aromatic carbocycles. The summed E-state index contributed by atoms with van der Waals surface area (Å²) in [6.07, 6.45) is 1.99. The summed E-state index contributed by atoms with van der Waals surface area (Å²) in [6.45, 7) is 1.97.